The molecule has 2 aliphatic carbocycles. The van der Waals surface area contributed by atoms with E-state index in [1.165, 1.54) is 0 Å². The molecule has 2 atom stereocenters. The van der Waals surface area contributed by atoms with Gasteiger partial charge in [0.25, 0.3) is 0 Å². The van der Waals surface area contributed by atoms with Gasteiger partial charge in [0.15, 0.2) is 0 Å². The van der Waals surface area contributed by atoms with Gasteiger partial charge in [-0.2, -0.15) is 0 Å². The minimum absolute atomic E-state index is 0.0442. The second-order valence-electron chi connectivity index (χ2n) is 5.21. The molecule has 7 nitrogen and oxygen atoms in total. The lowest BCUT2D eigenvalue weighted by Gasteiger charge is -2.13. The number of hydrogen-bond donors (Lipinski definition) is 4. The normalized spacial score (nSPS) is 25.7. The van der Waals surface area contributed by atoms with Crippen LogP contribution in [0, 0.1) is 5.92 Å². The van der Waals surface area contributed by atoms with Crippen molar-refractivity contribution in [3.05, 3.63) is 0 Å². The van der Waals surface area contributed by atoms with Gasteiger partial charge in [-0.05, 0) is 32.1 Å². The Morgan fingerprint density at radius 3 is 2.26 bits per heavy atom. The van der Waals surface area contributed by atoms with Crippen molar-refractivity contribution in [3.63, 3.8) is 0 Å². The van der Waals surface area contributed by atoms with Crippen LogP contribution >= 0.6 is 0 Å². The highest BCUT2D eigenvalue weighted by Gasteiger charge is 2.30. The van der Waals surface area contributed by atoms with Crippen molar-refractivity contribution >= 4 is 17.9 Å². The third-order valence-corrected chi connectivity index (χ3v) is 3.47. The number of hydrogen-bond acceptors (Lipinski definition) is 3. The summed E-state index contributed by atoms with van der Waals surface area (Å²) in [6, 6.07) is -0.252. The van der Waals surface area contributed by atoms with Crippen LogP contribution in [0.15, 0.2) is 0 Å². The van der Waals surface area contributed by atoms with Gasteiger partial charge in [0.2, 0.25) is 5.91 Å². The third-order valence-electron chi connectivity index (χ3n) is 3.47. The maximum absolute atomic E-state index is 11.5. The molecular formula is C12H19N3O4. The molecule has 2 saturated carbocycles. The van der Waals surface area contributed by atoms with Crippen molar-refractivity contribution in [1.29, 1.82) is 0 Å². The predicted molar refractivity (Wildman–Crippen MR) is 66.5 cm³/mol. The highest BCUT2D eigenvalue weighted by atomic mass is 16.4. The zero-order chi connectivity index (χ0) is 13.8. The van der Waals surface area contributed by atoms with Crippen molar-refractivity contribution in [2.45, 2.75) is 44.2 Å². The van der Waals surface area contributed by atoms with Crippen LogP contribution in [0.3, 0.4) is 0 Å². The van der Waals surface area contributed by atoms with Crippen molar-refractivity contribution < 1.29 is 19.5 Å². The van der Waals surface area contributed by atoms with Gasteiger partial charge in [0.05, 0.1) is 12.5 Å². The maximum atomic E-state index is 11.5. The van der Waals surface area contributed by atoms with Crippen LogP contribution in [0.4, 0.5) is 4.79 Å². The van der Waals surface area contributed by atoms with Gasteiger partial charge in [-0.1, -0.05) is 0 Å². The first-order chi connectivity index (χ1) is 9.04. The van der Waals surface area contributed by atoms with Gasteiger partial charge in [-0.15, -0.1) is 0 Å². The van der Waals surface area contributed by atoms with Crippen LogP contribution in [0.2, 0.25) is 0 Å². The summed E-state index contributed by atoms with van der Waals surface area (Å²) in [6.07, 6.45) is 3.73. The standard InChI is InChI=1S/C12H19N3O4/c16-10(14-8-3-4-8)6-13-12(19)15-9-2-1-7(5-9)11(17)18/h7-9H,1-6H2,(H,14,16)(H,17,18)(H2,13,15,19)/t7-,9+/m1/s1. The topological polar surface area (TPSA) is 108 Å². The maximum Gasteiger partial charge on any atom is 0.315 e. The first-order valence-electron chi connectivity index (χ1n) is 6.61. The van der Waals surface area contributed by atoms with Crippen LogP contribution in [0.5, 0.6) is 0 Å². The molecule has 0 aliphatic heterocycles. The Bertz CT molecular complexity index is 381. The molecule has 0 radical (unpaired) electrons. The monoisotopic (exact) mass is 269 g/mol. The van der Waals surface area contributed by atoms with Crippen molar-refractivity contribution in [2.75, 3.05) is 6.54 Å². The van der Waals surface area contributed by atoms with Crippen LogP contribution in [0.25, 0.3) is 0 Å². The number of carboxylic acids is 1. The number of carboxylic acid groups (broad SMARTS) is 1. The molecule has 3 amide bonds. The highest BCUT2D eigenvalue weighted by Crippen LogP contribution is 2.25. The zero-order valence-electron chi connectivity index (χ0n) is 10.6. The molecule has 2 aliphatic rings. The van der Waals surface area contributed by atoms with Gasteiger partial charge in [-0.25, -0.2) is 4.79 Å². The van der Waals surface area contributed by atoms with E-state index in [2.05, 4.69) is 16.0 Å². The molecule has 0 aromatic heterocycles. The average molecular weight is 269 g/mol. The van der Waals surface area contributed by atoms with E-state index in [0.29, 0.717) is 19.3 Å². The Morgan fingerprint density at radius 1 is 1.00 bits per heavy atom. The van der Waals surface area contributed by atoms with Gasteiger partial charge in [0, 0.05) is 12.1 Å². The minimum Gasteiger partial charge on any atom is -0.481 e. The van der Waals surface area contributed by atoms with Crippen molar-refractivity contribution in [1.82, 2.24) is 16.0 Å². The Hall–Kier alpha value is -1.79. The number of carbonyl (C=O) groups is 3. The molecule has 0 spiro atoms. The summed E-state index contributed by atoms with van der Waals surface area (Å²) >= 11 is 0. The summed E-state index contributed by atoms with van der Waals surface area (Å²) in [5.74, 6) is -1.37. The molecule has 0 saturated heterocycles. The van der Waals surface area contributed by atoms with E-state index in [0.717, 1.165) is 12.8 Å². The molecule has 2 fully saturated rings. The number of urea groups is 1. The predicted octanol–water partition coefficient (Wildman–Crippen LogP) is -0.182. The summed E-state index contributed by atoms with van der Waals surface area (Å²) in [5.41, 5.74) is 0. The summed E-state index contributed by atoms with van der Waals surface area (Å²) in [4.78, 5) is 33.7. The molecule has 7 heteroatoms. The summed E-state index contributed by atoms with van der Waals surface area (Å²) in [5, 5.41) is 16.8. The highest BCUT2D eigenvalue weighted by molar-refractivity contribution is 5.84. The van der Waals surface area contributed by atoms with Gasteiger partial charge in [-0.3, -0.25) is 9.59 Å². The average Bonchev–Trinajstić information content (AvgIpc) is 3.02. The second kappa shape index (κ2) is 5.90. The van der Waals surface area contributed by atoms with Crippen LogP contribution in [-0.4, -0.2) is 41.6 Å². The van der Waals surface area contributed by atoms with E-state index in [1.807, 2.05) is 0 Å². The minimum atomic E-state index is -0.812. The zero-order valence-corrected chi connectivity index (χ0v) is 10.6. The van der Waals surface area contributed by atoms with Crippen LogP contribution in [-0.2, 0) is 9.59 Å². The van der Waals surface area contributed by atoms with E-state index in [9.17, 15) is 14.4 Å². The smallest absolute Gasteiger partial charge is 0.315 e. The third kappa shape index (κ3) is 4.42. The first kappa shape index (κ1) is 13.6. The Kier molecular flexibility index (Phi) is 4.24. The molecule has 0 aromatic carbocycles. The largest absolute Gasteiger partial charge is 0.481 e. The Labute approximate surface area is 111 Å². The molecule has 0 bridgehead atoms. The van der Waals surface area contributed by atoms with E-state index in [-0.39, 0.29) is 30.5 Å². The van der Waals surface area contributed by atoms with Gasteiger partial charge >= 0.3 is 12.0 Å². The lowest BCUT2D eigenvalue weighted by atomic mass is 10.1. The Morgan fingerprint density at radius 2 is 1.68 bits per heavy atom. The van der Waals surface area contributed by atoms with E-state index < -0.39 is 12.0 Å². The second-order valence-corrected chi connectivity index (χ2v) is 5.21. The summed E-state index contributed by atoms with van der Waals surface area (Å²) in [7, 11) is 0. The molecule has 0 aromatic rings. The molecule has 0 heterocycles. The molecule has 0 unspecified atom stereocenters. The van der Waals surface area contributed by atoms with E-state index in [4.69, 9.17) is 5.11 Å². The first-order valence-corrected chi connectivity index (χ1v) is 6.61. The van der Waals surface area contributed by atoms with Crippen LogP contribution < -0.4 is 16.0 Å². The number of nitrogens with one attached hydrogen (secondary N) is 3. The van der Waals surface area contributed by atoms with Crippen LogP contribution in [0.1, 0.15) is 32.1 Å². The van der Waals surface area contributed by atoms with E-state index >= 15 is 0 Å². The fourth-order valence-electron chi connectivity index (χ4n) is 2.24. The summed E-state index contributed by atoms with van der Waals surface area (Å²) in [6.45, 7) is -0.0442. The molecule has 2 rings (SSSR count). The summed E-state index contributed by atoms with van der Waals surface area (Å²) < 4.78 is 0. The molecule has 106 valence electrons. The number of aliphatic carboxylic acids is 1. The number of rotatable bonds is 5. The lowest BCUT2D eigenvalue weighted by molar-refractivity contribution is -0.141. The Balaban J connectivity index is 1.61. The van der Waals surface area contributed by atoms with Crippen molar-refractivity contribution in [3.8, 4) is 0 Å². The SMILES string of the molecule is O=C(CNC(=O)N[C@H]1CC[C@@H](C(=O)O)C1)NC1CC1. The fourth-order valence-corrected chi connectivity index (χ4v) is 2.24. The quantitative estimate of drug-likeness (QED) is 0.555. The van der Waals surface area contributed by atoms with Gasteiger partial charge in [0.1, 0.15) is 0 Å². The van der Waals surface area contributed by atoms with E-state index in [1.54, 1.807) is 0 Å². The fraction of sp³-hybridized carbons (Fsp3) is 0.750. The molecule has 19 heavy (non-hydrogen) atoms. The molecule has 4 N–H and O–H groups in total. The number of carbonyl (C=O) groups excluding carboxylic acids is 2. The van der Waals surface area contributed by atoms with Gasteiger partial charge < -0.3 is 21.1 Å². The molecular weight excluding hydrogens is 250 g/mol. The van der Waals surface area contributed by atoms with Crippen molar-refractivity contribution in [2.24, 2.45) is 5.92 Å². The lowest BCUT2D eigenvalue weighted by Crippen LogP contribution is -2.45. The number of amides is 3.